The molecule has 0 aromatic rings. The van der Waals surface area contributed by atoms with Gasteiger partial charge in [-0.3, -0.25) is 0 Å². The molecule has 0 saturated carbocycles. The summed E-state index contributed by atoms with van der Waals surface area (Å²) in [6.07, 6.45) is 0. The minimum atomic E-state index is -6.06. The third kappa shape index (κ3) is 4.43. The summed E-state index contributed by atoms with van der Waals surface area (Å²) in [7, 11) is 0. The first-order valence-electron chi connectivity index (χ1n) is 0.885. The summed E-state index contributed by atoms with van der Waals surface area (Å²) in [4.78, 5) is 0. The van der Waals surface area contributed by atoms with Gasteiger partial charge in [0.15, 0.2) is 0 Å². The summed E-state index contributed by atoms with van der Waals surface area (Å²) in [5.74, 6) is 0. The third-order valence-corrected chi connectivity index (χ3v) is 0.567. The van der Waals surface area contributed by atoms with Crippen LogP contribution in [-0.4, -0.2) is 20.1 Å². The van der Waals surface area contributed by atoms with Crippen LogP contribution in [0.5, 0.6) is 0 Å². The molecule has 0 spiro atoms. The zero-order valence-corrected chi connectivity index (χ0v) is 5.01. The molecule has 0 aliphatic heterocycles. The molecule has 0 aromatic heterocycles. The van der Waals surface area contributed by atoms with Crippen molar-refractivity contribution in [1.29, 1.82) is 0 Å². The predicted octanol–water partition coefficient (Wildman–Crippen LogP) is -2.53. The normalized spacial score (nSPS) is 11.8. The van der Waals surface area contributed by atoms with Gasteiger partial charge in [-0.05, 0) is 0 Å². The van der Waals surface area contributed by atoms with Crippen LogP contribution < -0.4 is 6.77 Å². The van der Waals surface area contributed by atoms with Gasteiger partial charge in [-0.25, -0.2) is 0 Å². The topological polar surface area (TPSA) is 72.4 Å². The summed E-state index contributed by atoms with van der Waals surface area (Å²) in [5.41, 5.74) is 0. The maximum absolute atomic E-state index is 10.2. The van der Waals surface area contributed by atoms with Crippen LogP contribution in [0, 0.1) is 0 Å². The second-order valence-corrected chi connectivity index (χ2v) is 3.46. The fourth-order valence-electron chi connectivity index (χ4n) is 0. The molecule has 0 saturated heterocycles. The second kappa shape index (κ2) is 1.93. The van der Waals surface area contributed by atoms with E-state index in [9.17, 15) is 4.53 Å². The molecule has 0 radical (unpaired) electrons. The Kier molecular flexibility index (Phi) is 2.07. The third-order valence-electron chi connectivity index (χ3n) is 0.0845. The van der Waals surface area contributed by atoms with Crippen LogP contribution >= 0.6 is 0 Å². The average Bonchev–Trinajstić information content (AvgIpc) is 1.35. The SMILES string of the molecule is [O]=[Sb]([O-])([O-])[O]F. The van der Waals surface area contributed by atoms with E-state index in [-0.39, 0.29) is 0 Å². The van der Waals surface area contributed by atoms with Crippen molar-refractivity contribution in [2.75, 3.05) is 0 Å². The van der Waals surface area contributed by atoms with Crippen molar-refractivity contribution in [3.05, 3.63) is 0 Å². The predicted molar refractivity (Wildman–Crippen MR) is 8.63 cm³/mol. The Morgan fingerprint density at radius 2 is 1.83 bits per heavy atom. The van der Waals surface area contributed by atoms with Crippen molar-refractivity contribution in [3.8, 4) is 0 Å². The van der Waals surface area contributed by atoms with Crippen molar-refractivity contribution in [2.24, 2.45) is 0 Å². The molecule has 0 amide bonds. The summed E-state index contributed by atoms with van der Waals surface area (Å²) in [6.45, 7) is 0. The van der Waals surface area contributed by atoms with Crippen LogP contribution in [0.25, 0.3) is 0 Å². The first-order valence-corrected chi connectivity index (χ1v) is 5.05. The van der Waals surface area contributed by atoms with Gasteiger partial charge in [0.2, 0.25) is 0 Å². The van der Waals surface area contributed by atoms with Gasteiger partial charge >= 0.3 is 37.6 Å². The van der Waals surface area contributed by atoms with Crippen molar-refractivity contribution in [3.63, 3.8) is 0 Å². The zero-order chi connectivity index (χ0) is 5.21. The Morgan fingerprint density at radius 3 is 1.83 bits per heavy atom. The number of hydrogen-bond acceptors (Lipinski definition) is 4. The van der Waals surface area contributed by atoms with E-state index in [0.29, 0.717) is 0 Å². The molecule has 0 fully saturated rings. The standard InChI is InChI=1S/FO.3O.Sb/c1-2;;;;/q-1;;2*-1;+1. The zero-order valence-electron chi connectivity index (χ0n) is 2.46. The van der Waals surface area contributed by atoms with E-state index >= 15 is 0 Å². The van der Waals surface area contributed by atoms with Crippen LogP contribution in [0.2, 0.25) is 0 Å². The molecule has 0 aromatic carbocycles. The minimum absolute atomic E-state index is 1.97. The van der Waals surface area contributed by atoms with Crippen molar-refractivity contribution >= 4 is 20.1 Å². The Balaban J connectivity index is 3.48. The van der Waals surface area contributed by atoms with Crippen molar-refractivity contribution in [2.45, 2.75) is 0 Å². The molecule has 0 atom stereocenters. The summed E-state index contributed by atoms with van der Waals surface area (Å²) < 4.78 is 39.0. The van der Waals surface area contributed by atoms with E-state index < -0.39 is 20.1 Å². The Labute approximate surface area is 38.1 Å². The molecule has 0 N–H and O–H groups in total. The summed E-state index contributed by atoms with van der Waals surface area (Å²) in [6, 6.07) is 0. The Morgan fingerprint density at radius 1 is 1.67 bits per heavy atom. The van der Waals surface area contributed by atoms with Crippen molar-refractivity contribution < 1.29 is 17.5 Å². The molecule has 4 nitrogen and oxygen atoms in total. The first kappa shape index (κ1) is 6.43. The molecule has 0 aliphatic rings. The van der Waals surface area contributed by atoms with Gasteiger partial charge in [-0.1, -0.05) is 0 Å². The fourth-order valence-corrected chi connectivity index (χ4v) is 0. The van der Waals surface area contributed by atoms with Crippen LogP contribution in [-0.2, 0) is 6.24 Å². The second-order valence-electron chi connectivity index (χ2n) is 0.516. The molecule has 0 aliphatic carbocycles. The fraction of sp³-hybridized carbons (Fsp3) is 0. The number of halogens is 1. The monoisotopic (exact) mass is 204 g/mol. The summed E-state index contributed by atoms with van der Waals surface area (Å²) in [5, 5.41) is 0. The molecule has 0 unspecified atom stereocenters. The van der Waals surface area contributed by atoms with E-state index in [0.717, 1.165) is 0 Å². The molecule has 0 heterocycles. The number of hydrogen-bond donors (Lipinski definition) is 0. The molecular weight excluding hydrogens is 205 g/mol. The Hall–Kier alpha value is 0.428. The van der Waals surface area contributed by atoms with Crippen LogP contribution in [0.4, 0.5) is 4.53 Å². The number of rotatable bonds is 1. The van der Waals surface area contributed by atoms with Crippen LogP contribution in [0.15, 0.2) is 0 Å². The van der Waals surface area contributed by atoms with E-state index in [1.807, 2.05) is 3.22 Å². The van der Waals surface area contributed by atoms with Gasteiger partial charge in [0, 0.05) is 0 Å². The first-order chi connectivity index (χ1) is 2.56. The molecular formula is FO4Sb-2. The van der Waals surface area contributed by atoms with Gasteiger partial charge in [-0.15, -0.1) is 0 Å². The van der Waals surface area contributed by atoms with Gasteiger partial charge in [0.25, 0.3) is 0 Å². The van der Waals surface area contributed by atoms with E-state index in [2.05, 4.69) is 0 Å². The van der Waals surface area contributed by atoms with Gasteiger partial charge in [0.05, 0.1) is 0 Å². The van der Waals surface area contributed by atoms with Gasteiger partial charge in [0.1, 0.15) is 0 Å². The Bertz CT molecular complexity index is 71.6. The van der Waals surface area contributed by atoms with Gasteiger partial charge in [-0.2, -0.15) is 0 Å². The molecule has 6 heavy (non-hydrogen) atoms. The molecule has 6 heteroatoms. The summed E-state index contributed by atoms with van der Waals surface area (Å²) >= 11 is -6.06. The maximum atomic E-state index is 10.2. The average molecular weight is 205 g/mol. The van der Waals surface area contributed by atoms with Crippen LogP contribution in [0.3, 0.4) is 0 Å². The van der Waals surface area contributed by atoms with Gasteiger partial charge < -0.3 is 0 Å². The molecule has 0 bridgehead atoms. The van der Waals surface area contributed by atoms with Crippen molar-refractivity contribution in [1.82, 2.24) is 0 Å². The quantitative estimate of drug-likeness (QED) is 0.442. The molecule has 38 valence electrons. The van der Waals surface area contributed by atoms with E-state index in [4.69, 9.17) is 9.79 Å². The molecule has 0 rings (SSSR count). The van der Waals surface area contributed by atoms with E-state index in [1.54, 1.807) is 0 Å². The van der Waals surface area contributed by atoms with E-state index in [1.165, 1.54) is 0 Å². The van der Waals surface area contributed by atoms with Crippen LogP contribution in [0.1, 0.15) is 0 Å².